The van der Waals surface area contributed by atoms with Gasteiger partial charge in [0.25, 0.3) is 0 Å². The van der Waals surface area contributed by atoms with E-state index in [1.807, 2.05) is 0 Å². The van der Waals surface area contributed by atoms with Crippen molar-refractivity contribution in [3.05, 3.63) is 29.8 Å². The van der Waals surface area contributed by atoms with Gasteiger partial charge in [-0.1, -0.05) is 38.5 Å². The molecule has 1 amide bonds. The fourth-order valence-electron chi connectivity index (χ4n) is 5.38. The number of hydrogen-bond acceptors (Lipinski definition) is 3. The van der Waals surface area contributed by atoms with E-state index >= 15 is 0 Å². The van der Waals surface area contributed by atoms with Gasteiger partial charge in [-0.05, 0) is 37.8 Å². The summed E-state index contributed by atoms with van der Waals surface area (Å²) < 4.78 is 15.6. The molecule has 1 heterocycles. The first-order valence-corrected chi connectivity index (χ1v) is 11.7. The number of hydrogen-bond donors (Lipinski definition) is 1. The lowest BCUT2D eigenvalue weighted by atomic mass is 9.88. The van der Waals surface area contributed by atoms with Gasteiger partial charge in [-0.3, -0.25) is 9.59 Å². The van der Waals surface area contributed by atoms with Crippen molar-refractivity contribution < 1.29 is 19.1 Å². The van der Waals surface area contributed by atoms with E-state index in [0.717, 1.165) is 51.4 Å². The van der Waals surface area contributed by atoms with Gasteiger partial charge in [-0.2, -0.15) is 0 Å². The average Bonchev–Trinajstić information content (AvgIpc) is 3.10. The van der Waals surface area contributed by atoms with Crippen LogP contribution in [0.3, 0.4) is 0 Å². The van der Waals surface area contributed by atoms with Crippen LogP contribution in [-0.4, -0.2) is 43.5 Å². The molecule has 0 bridgehead atoms. The fraction of sp³-hybridized carbons (Fsp3) is 0.625. The van der Waals surface area contributed by atoms with E-state index in [0.29, 0.717) is 28.9 Å². The summed E-state index contributed by atoms with van der Waals surface area (Å²) in [6.45, 7) is 0.129. The van der Waals surface area contributed by atoms with Crippen LogP contribution in [0.25, 0.3) is 11.0 Å². The number of rotatable bonds is 7. The Kier molecular flexibility index (Phi) is 6.88. The number of aromatic nitrogens is 2. The third-order valence-electron chi connectivity index (χ3n) is 6.87. The molecule has 168 valence electrons. The Hall–Kier alpha value is -2.44. The standard InChI is InChI=1S/C24H32FN3O3/c25-17-11-12-21-20(15-17)26-22(13-14-24(30)31)27(21)16-23(29)28(18-7-3-1-4-8-18)19-9-5-2-6-10-19/h11-12,15,18-19H,1-10,13-14,16H2,(H,30,31). The molecule has 2 aliphatic rings. The first kappa shape index (κ1) is 21.8. The number of carboxylic acid groups (broad SMARTS) is 1. The monoisotopic (exact) mass is 429 g/mol. The lowest BCUT2D eigenvalue weighted by molar-refractivity contribution is -0.138. The quantitative estimate of drug-likeness (QED) is 0.693. The molecule has 0 aliphatic heterocycles. The van der Waals surface area contributed by atoms with Crippen LogP contribution in [0, 0.1) is 5.82 Å². The second kappa shape index (κ2) is 9.79. The van der Waals surface area contributed by atoms with Crippen LogP contribution in [-0.2, 0) is 22.6 Å². The van der Waals surface area contributed by atoms with Crippen LogP contribution in [0.4, 0.5) is 4.39 Å². The smallest absolute Gasteiger partial charge is 0.303 e. The number of imidazole rings is 1. The molecule has 0 unspecified atom stereocenters. The number of benzene rings is 1. The Balaban J connectivity index is 1.63. The lowest BCUT2D eigenvalue weighted by Crippen LogP contribution is -2.50. The molecule has 1 N–H and O–H groups in total. The second-order valence-corrected chi connectivity index (χ2v) is 9.03. The average molecular weight is 430 g/mol. The minimum atomic E-state index is -0.915. The molecular weight excluding hydrogens is 397 g/mol. The SMILES string of the molecule is O=C(O)CCc1nc2cc(F)ccc2n1CC(=O)N(C1CCCCC1)C1CCCCC1. The summed E-state index contributed by atoms with van der Waals surface area (Å²) >= 11 is 0. The van der Waals surface area contributed by atoms with Gasteiger partial charge < -0.3 is 14.6 Å². The topological polar surface area (TPSA) is 75.4 Å². The number of carboxylic acids is 1. The molecule has 7 heteroatoms. The highest BCUT2D eigenvalue weighted by Gasteiger charge is 2.33. The highest BCUT2D eigenvalue weighted by Crippen LogP contribution is 2.31. The van der Waals surface area contributed by atoms with E-state index in [2.05, 4.69) is 9.88 Å². The first-order valence-electron chi connectivity index (χ1n) is 11.7. The van der Waals surface area contributed by atoms with Crippen molar-refractivity contribution in [3.63, 3.8) is 0 Å². The molecule has 2 fully saturated rings. The normalized spacial score (nSPS) is 18.4. The van der Waals surface area contributed by atoms with Gasteiger partial charge in [0, 0.05) is 24.6 Å². The van der Waals surface area contributed by atoms with Crippen LogP contribution >= 0.6 is 0 Å². The number of aryl methyl sites for hydroxylation is 1. The molecule has 2 aliphatic carbocycles. The van der Waals surface area contributed by atoms with Crippen LogP contribution in [0.2, 0.25) is 0 Å². The van der Waals surface area contributed by atoms with Crippen molar-refractivity contribution in [2.45, 2.75) is 95.7 Å². The predicted molar refractivity (Wildman–Crippen MR) is 116 cm³/mol. The fourth-order valence-corrected chi connectivity index (χ4v) is 5.38. The molecule has 31 heavy (non-hydrogen) atoms. The molecule has 0 spiro atoms. The summed E-state index contributed by atoms with van der Waals surface area (Å²) in [5.41, 5.74) is 1.15. The molecule has 0 saturated heterocycles. The molecule has 0 atom stereocenters. The Bertz CT molecular complexity index is 912. The van der Waals surface area contributed by atoms with E-state index in [9.17, 15) is 14.0 Å². The van der Waals surface area contributed by atoms with Crippen molar-refractivity contribution in [1.29, 1.82) is 0 Å². The van der Waals surface area contributed by atoms with E-state index in [1.165, 1.54) is 25.0 Å². The van der Waals surface area contributed by atoms with Crippen LogP contribution < -0.4 is 0 Å². The van der Waals surface area contributed by atoms with Gasteiger partial charge in [0.05, 0.1) is 17.5 Å². The van der Waals surface area contributed by atoms with Crippen molar-refractivity contribution in [3.8, 4) is 0 Å². The van der Waals surface area contributed by atoms with E-state index < -0.39 is 5.97 Å². The van der Waals surface area contributed by atoms with Gasteiger partial charge in [-0.25, -0.2) is 9.37 Å². The highest BCUT2D eigenvalue weighted by molar-refractivity contribution is 5.82. The summed E-state index contributed by atoms with van der Waals surface area (Å²) in [6.07, 6.45) is 11.5. The first-order chi connectivity index (χ1) is 15.0. The molecule has 1 aromatic carbocycles. The molecule has 2 aromatic rings. The zero-order valence-electron chi connectivity index (χ0n) is 18.1. The molecule has 2 saturated carbocycles. The largest absolute Gasteiger partial charge is 0.481 e. The van der Waals surface area contributed by atoms with Gasteiger partial charge in [0.2, 0.25) is 5.91 Å². The molecule has 0 radical (unpaired) electrons. The van der Waals surface area contributed by atoms with E-state index in [4.69, 9.17) is 5.11 Å². The second-order valence-electron chi connectivity index (χ2n) is 9.03. The summed E-state index contributed by atoms with van der Waals surface area (Å²) in [5.74, 6) is -0.691. The van der Waals surface area contributed by atoms with Gasteiger partial charge in [-0.15, -0.1) is 0 Å². The zero-order chi connectivity index (χ0) is 21.8. The maximum absolute atomic E-state index is 13.7. The maximum atomic E-state index is 13.7. The summed E-state index contributed by atoms with van der Waals surface area (Å²) in [4.78, 5) is 31.5. The van der Waals surface area contributed by atoms with Crippen molar-refractivity contribution >= 4 is 22.9 Å². The number of fused-ring (bicyclic) bond motifs is 1. The lowest BCUT2D eigenvalue weighted by Gasteiger charge is -2.42. The van der Waals surface area contributed by atoms with E-state index in [-0.39, 0.29) is 31.1 Å². The number of amides is 1. The van der Waals surface area contributed by atoms with Crippen LogP contribution in [0.5, 0.6) is 0 Å². The molecule has 1 aromatic heterocycles. The summed E-state index contributed by atoms with van der Waals surface area (Å²) in [5, 5.41) is 9.12. The maximum Gasteiger partial charge on any atom is 0.303 e. The van der Waals surface area contributed by atoms with Crippen LogP contribution in [0.1, 0.15) is 76.5 Å². The molecular formula is C24H32FN3O3. The van der Waals surface area contributed by atoms with Crippen molar-refractivity contribution in [2.24, 2.45) is 0 Å². The minimum Gasteiger partial charge on any atom is -0.481 e. The number of carbonyl (C=O) groups is 2. The molecule has 4 rings (SSSR count). The third-order valence-corrected chi connectivity index (χ3v) is 6.87. The Morgan fingerprint density at radius 3 is 2.23 bits per heavy atom. The Morgan fingerprint density at radius 1 is 1.03 bits per heavy atom. The van der Waals surface area contributed by atoms with Crippen LogP contribution in [0.15, 0.2) is 18.2 Å². The van der Waals surface area contributed by atoms with Crippen molar-refractivity contribution in [1.82, 2.24) is 14.5 Å². The van der Waals surface area contributed by atoms with Gasteiger partial charge in [0.1, 0.15) is 18.2 Å². The number of halogens is 1. The summed E-state index contributed by atoms with van der Waals surface area (Å²) in [7, 11) is 0. The van der Waals surface area contributed by atoms with Crippen molar-refractivity contribution in [2.75, 3.05) is 0 Å². The highest BCUT2D eigenvalue weighted by atomic mass is 19.1. The Morgan fingerprint density at radius 2 is 1.65 bits per heavy atom. The Labute approximate surface area is 182 Å². The van der Waals surface area contributed by atoms with Gasteiger partial charge in [0.15, 0.2) is 0 Å². The summed E-state index contributed by atoms with van der Waals surface area (Å²) in [6, 6.07) is 4.94. The number of nitrogens with zero attached hydrogens (tertiary/aromatic N) is 3. The third kappa shape index (κ3) is 5.08. The predicted octanol–water partition coefficient (Wildman–Crippen LogP) is 4.69. The minimum absolute atomic E-state index is 0.0744. The van der Waals surface area contributed by atoms with Gasteiger partial charge >= 0.3 is 5.97 Å². The molecule has 6 nitrogen and oxygen atoms in total. The zero-order valence-corrected chi connectivity index (χ0v) is 18.1. The number of aliphatic carboxylic acids is 1. The number of carbonyl (C=O) groups excluding carboxylic acids is 1. The van der Waals surface area contributed by atoms with E-state index in [1.54, 1.807) is 10.6 Å².